The molecule has 0 radical (unpaired) electrons. The Morgan fingerprint density at radius 2 is 1.56 bits per heavy atom. The minimum absolute atomic E-state index is 0.730. The maximum atomic E-state index is 3.67. The summed E-state index contributed by atoms with van der Waals surface area (Å²) in [7, 11) is 0. The van der Waals surface area contributed by atoms with Crippen LogP contribution in [0.5, 0.6) is 0 Å². The molecule has 2 unspecified atom stereocenters. The molecule has 1 nitrogen and oxygen atoms in total. The first-order chi connectivity index (χ1) is 7.61. The summed E-state index contributed by atoms with van der Waals surface area (Å²) in [6.45, 7) is 12.8. The van der Waals surface area contributed by atoms with Crippen molar-refractivity contribution in [2.75, 3.05) is 6.54 Å². The summed E-state index contributed by atoms with van der Waals surface area (Å²) in [5.41, 5.74) is 0. The van der Waals surface area contributed by atoms with Crippen LogP contribution >= 0.6 is 0 Å². The van der Waals surface area contributed by atoms with Gasteiger partial charge in [-0.25, -0.2) is 0 Å². The lowest BCUT2D eigenvalue weighted by Crippen LogP contribution is -2.34. The second-order valence-corrected chi connectivity index (χ2v) is 5.63. The third kappa shape index (κ3) is 8.15. The summed E-state index contributed by atoms with van der Waals surface area (Å²) >= 11 is 0. The summed E-state index contributed by atoms with van der Waals surface area (Å²) in [4.78, 5) is 0. The Kier molecular flexibility index (Phi) is 10.1. The van der Waals surface area contributed by atoms with Crippen LogP contribution in [0.15, 0.2) is 0 Å². The zero-order valence-electron chi connectivity index (χ0n) is 12.2. The van der Waals surface area contributed by atoms with Crippen molar-refractivity contribution in [3.05, 3.63) is 0 Å². The zero-order chi connectivity index (χ0) is 12.4. The molecule has 0 bridgehead atoms. The van der Waals surface area contributed by atoms with E-state index in [4.69, 9.17) is 0 Å². The van der Waals surface area contributed by atoms with E-state index < -0.39 is 0 Å². The van der Waals surface area contributed by atoms with Crippen LogP contribution in [0, 0.1) is 11.8 Å². The largest absolute Gasteiger partial charge is 0.314 e. The fourth-order valence-corrected chi connectivity index (χ4v) is 2.32. The molecule has 0 amide bonds. The van der Waals surface area contributed by atoms with E-state index in [-0.39, 0.29) is 0 Å². The van der Waals surface area contributed by atoms with Crippen LogP contribution in [0.25, 0.3) is 0 Å². The fourth-order valence-electron chi connectivity index (χ4n) is 2.32. The molecule has 0 spiro atoms. The van der Waals surface area contributed by atoms with E-state index in [0.717, 1.165) is 17.9 Å². The van der Waals surface area contributed by atoms with Gasteiger partial charge in [0.1, 0.15) is 0 Å². The second-order valence-electron chi connectivity index (χ2n) is 5.63. The first-order valence-corrected chi connectivity index (χ1v) is 7.35. The maximum Gasteiger partial charge on any atom is 0.00900 e. The highest BCUT2D eigenvalue weighted by Gasteiger charge is 2.12. The molecule has 0 aromatic rings. The molecule has 0 saturated carbocycles. The van der Waals surface area contributed by atoms with Crippen LogP contribution in [0.4, 0.5) is 0 Å². The van der Waals surface area contributed by atoms with Gasteiger partial charge >= 0.3 is 0 Å². The van der Waals surface area contributed by atoms with Crippen molar-refractivity contribution in [2.45, 2.75) is 79.2 Å². The lowest BCUT2D eigenvalue weighted by Gasteiger charge is -2.23. The highest BCUT2D eigenvalue weighted by atomic mass is 14.9. The molecule has 0 rings (SSSR count). The highest BCUT2D eigenvalue weighted by Crippen LogP contribution is 2.17. The van der Waals surface area contributed by atoms with Gasteiger partial charge in [-0.15, -0.1) is 0 Å². The predicted octanol–water partition coefficient (Wildman–Crippen LogP) is 4.62. The summed E-state index contributed by atoms with van der Waals surface area (Å²) in [5, 5.41) is 3.67. The van der Waals surface area contributed by atoms with Gasteiger partial charge in [-0.3, -0.25) is 0 Å². The monoisotopic (exact) mass is 227 g/mol. The molecular weight excluding hydrogens is 194 g/mol. The number of rotatable bonds is 10. The minimum Gasteiger partial charge on any atom is -0.314 e. The molecule has 0 fully saturated rings. The van der Waals surface area contributed by atoms with Gasteiger partial charge in [-0.05, 0) is 31.2 Å². The zero-order valence-corrected chi connectivity index (χ0v) is 12.2. The molecule has 16 heavy (non-hydrogen) atoms. The van der Waals surface area contributed by atoms with E-state index in [1.165, 1.54) is 45.1 Å². The molecule has 2 atom stereocenters. The van der Waals surface area contributed by atoms with Crippen molar-refractivity contribution < 1.29 is 0 Å². The van der Waals surface area contributed by atoms with Crippen LogP contribution < -0.4 is 5.32 Å². The highest BCUT2D eigenvalue weighted by molar-refractivity contribution is 4.70. The van der Waals surface area contributed by atoms with Crippen molar-refractivity contribution in [1.29, 1.82) is 0 Å². The minimum atomic E-state index is 0.730. The lowest BCUT2D eigenvalue weighted by molar-refractivity contribution is 0.350. The van der Waals surface area contributed by atoms with E-state index in [2.05, 4.69) is 39.9 Å². The van der Waals surface area contributed by atoms with Gasteiger partial charge in [0.15, 0.2) is 0 Å². The third-order valence-electron chi connectivity index (χ3n) is 3.45. The van der Waals surface area contributed by atoms with E-state index in [1.54, 1.807) is 0 Å². The van der Waals surface area contributed by atoms with Gasteiger partial charge in [0.05, 0.1) is 0 Å². The van der Waals surface area contributed by atoms with E-state index in [1.807, 2.05) is 0 Å². The van der Waals surface area contributed by atoms with Gasteiger partial charge in [0.25, 0.3) is 0 Å². The Hall–Kier alpha value is -0.0400. The normalized spacial score (nSPS) is 15.4. The molecule has 98 valence electrons. The summed E-state index contributed by atoms with van der Waals surface area (Å²) in [6, 6.07) is 0.730. The molecule has 1 N–H and O–H groups in total. The summed E-state index contributed by atoms with van der Waals surface area (Å²) in [6.07, 6.45) is 8.13. The van der Waals surface area contributed by atoms with E-state index in [0.29, 0.717) is 0 Å². The molecule has 0 aliphatic rings. The molecule has 0 heterocycles. The molecule has 0 aromatic carbocycles. The first kappa shape index (κ1) is 16.0. The molecule has 0 saturated heterocycles. The van der Waals surface area contributed by atoms with Gasteiger partial charge in [-0.2, -0.15) is 0 Å². The van der Waals surface area contributed by atoms with Crippen LogP contribution in [0.3, 0.4) is 0 Å². The van der Waals surface area contributed by atoms with Gasteiger partial charge < -0.3 is 5.32 Å². The molecule has 0 aromatic heterocycles. The number of hydrogen-bond acceptors (Lipinski definition) is 1. The standard InChI is InChI=1S/C15H33N/c1-6-9-14(5)10-8-11-15(13(3)4)16-12-7-2/h13-16H,6-12H2,1-5H3. The van der Waals surface area contributed by atoms with Crippen molar-refractivity contribution in [2.24, 2.45) is 11.8 Å². The molecular formula is C15H33N. The Morgan fingerprint density at radius 1 is 0.875 bits per heavy atom. The van der Waals surface area contributed by atoms with E-state index in [9.17, 15) is 0 Å². The third-order valence-corrected chi connectivity index (χ3v) is 3.45. The fraction of sp³-hybridized carbons (Fsp3) is 1.00. The van der Waals surface area contributed by atoms with Crippen molar-refractivity contribution in [3.8, 4) is 0 Å². The lowest BCUT2D eigenvalue weighted by atomic mass is 9.93. The molecule has 0 aliphatic carbocycles. The number of hydrogen-bond donors (Lipinski definition) is 1. The van der Waals surface area contributed by atoms with Crippen molar-refractivity contribution in [1.82, 2.24) is 5.32 Å². The van der Waals surface area contributed by atoms with E-state index >= 15 is 0 Å². The topological polar surface area (TPSA) is 12.0 Å². The predicted molar refractivity (Wildman–Crippen MR) is 74.8 cm³/mol. The van der Waals surface area contributed by atoms with Gasteiger partial charge in [0.2, 0.25) is 0 Å². The van der Waals surface area contributed by atoms with Crippen LogP contribution in [0.1, 0.15) is 73.1 Å². The Labute approximate surface area is 103 Å². The maximum absolute atomic E-state index is 3.67. The van der Waals surface area contributed by atoms with Crippen LogP contribution in [0.2, 0.25) is 0 Å². The van der Waals surface area contributed by atoms with Crippen LogP contribution in [-0.2, 0) is 0 Å². The average molecular weight is 227 g/mol. The van der Waals surface area contributed by atoms with Gasteiger partial charge in [-0.1, -0.05) is 60.3 Å². The molecule has 0 aliphatic heterocycles. The average Bonchev–Trinajstić information content (AvgIpc) is 2.23. The second kappa shape index (κ2) is 10.1. The SMILES string of the molecule is CCCNC(CCCC(C)CCC)C(C)C. The van der Waals surface area contributed by atoms with Gasteiger partial charge in [0, 0.05) is 6.04 Å². The summed E-state index contributed by atoms with van der Waals surface area (Å²) < 4.78 is 0. The quantitative estimate of drug-likeness (QED) is 0.574. The summed E-state index contributed by atoms with van der Waals surface area (Å²) in [5.74, 6) is 1.69. The number of nitrogens with one attached hydrogen (secondary N) is 1. The first-order valence-electron chi connectivity index (χ1n) is 7.35. The Morgan fingerprint density at radius 3 is 2.06 bits per heavy atom. The molecule has 1 heteroatoms. The smallest absolute Gasteiger partial charge is 0.00900 e. The Bertz CT molecular complexity index is 142. The van der Waals surface area contributed by atoms with Crippen molar-refractivity contribution in [3.63, 3.8) is 0 Å². The van der Waals surface area contributed by atoms with Crippen LogP contribution in [-0.4, -0.2) is 12.6 Å². The van der Waals surface area contributed by atoms with Crippen molar-refractivity contribution >= 4 is 0 Å². The Balaban J connectivity index is 3.67.